The van der Waals surface area contributed by atoms with Crippen molar-refractivity contribution in [3.8, 4) is 0 Å². The molecule has 0 aromatic rings. The molecule has 4 aliphatic carbocycles. The maximum atomic E-state index is 13.2. The van der Waals surface area contributed by atoms with Gasteiger partial charge in [-0.3, -0.25) is 14.8 Å². The van der Waals surface area contributed by atoms with Gasteiger partial charge in [-0.15, -0.1) is 0 Å². The van der Waals surface area contributed by atoms with E-state index in [4.69, 9.17) is 14.7 Å². The van der Waals surface area contributed by atoms with E-state index in [-0.39, 0.29) is 36.1 Å². The van der Waals surface area contributed by atoms with Gasteiger partial charge >= 0.3 is 11.9 Å². The molecule has 0 radical (unpaired) electrons. The highest BCUT2D eigenvalue weighted by Gasteiger charge is 2.46. The summed E-state index contributed by atoms with van der Waals surface area (Å²) in [4.78, 5) is 29.5. The normalized spacial score (nSPS) is 43.0. The van der Waals surface area contributed by atoms with Crippen LogP contribution >= 0.6 is 0 Å². The van der Waals surface area contributed by atoms with Gasteiger partial charge in [-0.2, -0.15) is 0 Å². The highest BCUT2D eigenvalue weighted by molar-refractivity contribution is 5.81. The minimum atomic E-state index is -0.871. The van der Waals surface area contributed by atoms with Crippen molar-refractivity contribution in [2.45, 2.75) is 109 Å². The molecule has 2 N–H and O–H groups in total. The number of hydrogen-bond acceptors (Lipinski definition) is 6. The molecule has 0 heterocycles. The number of hydrogen-bond donors (Lipinski definition) is 2. The van der Waals surface area contributed by atoms with Gasteiger partial charge in [0.1, 0.15) is 6.10 Å². The summed E-state index contributed by atoms with van der Waals surface area (Å²) in [7, 11) is 0. The highest BCUT2D eigenvalue weighted by atomic mass is 17.1. The van der Waals surface area contributed by atoms with Crippen LogP contribution in [0.1, 0.15) is 90.9 Å². The van der Waals surface area contributed by atoms with Crippen molar-refractivity contribution in [2.75, 3.05) is 6.61 Å². The number of fused-ring (bicyclic) bond motifs is 1. The van der Waals surface area contributed by atoms with E-state index in [0.29, 0.717) is 37.2 Å². The molecule has 4 saturated carbocycles. The summed E-state index contributed by atoms with van der Waals surface area (Å²) >= 11 is 0. The van der Waals surface area contributed by atoms with Gasteiger partial charge in [-0.05, 0) is 82.0 Å². The number of rotatable bonds is 7. The Bertz CT molecular complexity index is 696. The molecule has 4 rings (SSSR count). The van der Waals surface area contributed by atoms with Crippen LogP contribution in [0, 0.1) is 41.4 Å². The average molecular weight is 481 g/mol. The molecule has 0 bridgehead atoms. The largest absolute Gasteiger partial charge is 0.481 e. The third-order valence-electron chi connectivity index (χ3n) is 9.38. The fourth-order valence-corrected chi connectivity index (χ4v) is 7.50. The molecule has 0 spiro atoms. The number of carbonyl (C=O) groups excluding carboxylic acids is 1. The minimum absolute atomic E-state index is 0.107. The van der Waals surface area contributed by atoms with Crippen LogP contribution in [0.4, 0.5) is 0 Å². The lowest BCUT2D eigenvalue weighted by Crippen LogP contribution is -2.49. The van der Waals surface area contributed by atoms with Crippen LogP contribution in [-0.2, 0) is 24.0 Å². The van der Waals surface area contributed by atoms with Crippen LogP contribution < -0.4 is 0 Å². The Morgan fingerprint density at radius 3 is 2.09 bits per heavy atom. The van der Waals surface area contributed by atoms with E-state index in [9.17, 15) is 14.7 Å². The first-order valence-corrected chi connectivity index (χ1v) is 13.7. The third-order valence-corrected chi connectivity index (χ3v) is 9.38. The molecular weight excluding hydrogens is 436 g/mol. The minimum Gasteiger partial charge on any atom is -0.481 e. The van der Waals surface area contributed by atoms with E-state index >= 15 is 0 Å². The summed E-state index contributed by atoms with van der Waals surface area (Å²) < 4.78 is 12.9. The lowest BCUT2D eigenvalue weighted by Gasteiger charge is -2.47. The van der Waals surface area contributed by atoms with Crippen molar-refractivity contribution in [3.63, 3.8) is 0 Å². The molecule has 7 heteroatoms. The first-order valence-electron chi connectivity index (χ1n) is 13.7. The summed E-state index contributed by atoms with van der Waals surface area (Å²) in [6, 6.07) is 0. The van der Waals surface area contributed by atoms with Crippen LogP contribution in [0.25, 0.3) is 0 Å². The number of esters is 1. The van der Waals surface area contributed by atoms with Gasteiger partial charge in [0.05, 0.1) is 30.7 Å². The van der Waals surface area contributed by atoms with E-state index in [1.54, 1.807) is 0 Å². The molecule has 4 aliphatic rings. The summed E-state index contributed by atoms with van der Waals surface area (Å²) in [5.41, 5.74) is 0. The van der Waals surface area contributed by atoms with Gasteiger partial charge in [0, 0.05) is 11.8 Å². The number of aliphatic carboxylic acids is 1. The van der Waals surface area contributed by atoms with Crippen LogP contribution in [0.2, 0.25) is 0 Å². The Morgan fingerprint density at radius 1 is 0.765 bits per heavy atom. The van der Waals surface area contributed by atoms with Crippen LogP contribution in [-0.4, -0.2) is 47.2 Å². The van der Waals surface area contributed by atoms with Crippen molar-refractivity contribution < 1.29 is 34.3 Å². The zero-order valence-electron chi connectivity index (χ0n) is 20.9. The zero-order chi connectivity index (χ0) is 24.2. The van der Waals surface area contributed by atoms with Gasteiger partial charge < -0.3 is 14.6 Å². The second-order valence-corrected chi connectivity index (χ2v) is 11.8. The molecule has 0 aromatic heterocycles. The van der Waals surface area contributed by atoms with Crippen molar-refractivity contribution >= 4 is 11.9 Å². The van der Waals surface area contributed by atoms with Crippen molar-refractivity contribution in [1.29, 1.82) is 0 Å². The Morgan fingerprint density at radius 2 is 1.38 bits per heavy atom. The van der Waals surface area contributed by atoms with Gasteiger partial charge in [-0.25, -0.2) is 4.89 Å². The predicted molar refractivity (Wildman–Crippen MR) is 126 cm³/mol. The van der Waals surface area contributed by atoms with Gasteiger partial charge in [0.25, 0.3) is 0 Å². The maximum absolute atomic E-state index is 13.2. The Balaban J connectivity index is 1.39. The summed E-state index contributed by atoms with van der Waals surface area (Å²) in [6.07, 6.45) is 11.4. The second-order valence-electron chi connectivity index (χ2n) is 11.8. The molecule has 194 valence electrons. The molecule has 10 unspecified atom stereocenters. The SMILES string of the molecule is CC1CCC(OC2CCC(OC(=O)C3CCC(C)CC3C(=O)O)C3CCCCC23)C(COO)C1. The fourth-order valence-electron chi connectivity index (χ4n) is 7.50. The molecule has 0 aliphatic heterocycles. The molecule has 0 saturated heterocycles. The lowest BCUT2D eigenvalue weighted by molar-refractivity contribution is -0.263. The zero-order valence-corrected chi connectivity index (χ0v) is 20.9. The number of carbonyl (C=O) groups is 2. The van der Waals surface area contributed by atoms with E-state index in [2.05, 4.69) is 18.7 Å². The molecule has 10 atom stereocenters. The molecule has 4 fully saturated rings. The predicted octanol–water partition coefficient (Wildman–Crippen LogP) is 5.32. The molecular formula is C27H44O7. The molecule has 0 amide bonds. The fraction of sp³-hybridized carbons (Fsp3) is 0.926. The topological polar surface area (TPSA) is 102 Å². The van der Waals surface area contributed by atoms with Crippen LogP contribution in [0.15, 0.2) is 0 Å². The number of carboxylic acid groups (broad SMARTS) is 1. The van der Waals surface area contributed by atoms with Gasteiger partial charge in [0.15, 0.2) is 0 Å². The second kappa shape index (κ2) is 11.7. The summed E-state index contributed by atoms with van der Waals surface area (Å²) in [6.45, 7) is 4.63. The third kappa shape index (κ3) is 5.96. The van der Waals surface area contributed by atoms with Gasteiger partial charge in [-0.1, -0.05) is 26.7 Å². The Labute approximate surface area is 203 Å². The first-order chi connectivity index (χ1) is 16.4. The average Bonchev–Trinajstić information content (AvgIpc) is 2.82. The smallest absolute Gasteiger partial charge is 0.310 e. The van der Waals surface area contributed by atoms with Crippen molar-refractivity contribution in [3.05, 3.63) is 0 Å². The van der Waals surface area contributed by atoms with Crippen LogP contribution in [0.5, 0.6) is 0 Å². The van der Waals surface area contributed by atoms with E-state index in [0.717, 1.165) is 57.8 Å². The van der Waals surface area contributed by atoms with E-state index in [1.807, 2.05) is 0 Å². The lowest BCUT2D eigenvalue weighted by atomic mass is 9.67. The number of ether oxygens (including phenoxy) is 2. The quantitative estimate of drug-likeness (QED) is 0.289. The van der Waals surface area contributed by atoms with Crippen molar-refractivity contribution in [2.24, 2.45) is 41.4 Å². The van der Waals surface area contributed by atoms with Crippen LogP contribution in [0.3, 0.4) is 0 Å². The van der Waals surface area contributed by atoms with E-state index < -0.39 is 17.8 Å². The molecule has 34 heavy (non-hydrogen) atoms. The molecule has 7 nitrogen and oxygen atoms in total. The Kier molecular flexibility index (Phi) is 8.91. The van der Waals surface area contributed by atoms with E-state index in [1.165, 1.54) is 6.42 Å². The highest BCUT2D eigenvalue weighted by Crippen LogP contribution is 2.46. The number of carboxylic acids is 1. The monoisotopic (exact) mass is 480 g/mol. The summed E-state index contributed by atoms with van der Waals surface area (Å²) in [5.74, 6) is -0.482. The molecule has 0 aromatic carbocycles. The summed E-state index contributed by atoms with van der Waals surface area (Å²) in [5, 5.41) is 18.8. The first kappa shape index (κ1) is 25.9. The standard InChI is InChI=1S/C27H44O7/c1-16-8-10-23(18(13-16)15-32-31)33-24-11-12-25(20-6-4-3-5-19(20)24)34-27(30)21-9-7-17(2)14-22(21)26(28)29/h16-25,31H,3-15H2,1-2H3,(H,28,29). The van der Waals surface area contributed by atoms with Crippen molar-refractivity contribution in [1.82, 2.24) is 0 Å². The van der Waals surface area contributed by atoms with Gasteiger partial charge in [0.2, 0.25) is 0 Å². The maximum Gasteiger partial charge on any atom is 0.310 e. The Hall–Kier alpha value is -1.18.